The molecule has 3 N–H and O–H groups in total. The number of aromatic amines is 1. The first-order valence-corrected chi connectivity index (χ1v) is 11.4. The number of H-pyrrole nitrogens is 1. The maximum absolute atomic E-state index is 12.6. The molecule has 0 spiro atoms. The number of hydrogen-bond acceptors (Lipinski definition) is 10. The van der Waals surface area contributed by atoms with Crippen molar-refractivity contribution in [3.63, 3.8) is 0 Å². The Hall–Kier alpha value is -2.65. The van der Waals surface area contributed by atoms with Crippen LogP contribution in [0.5, 0.6) is 0 Å². The minimum absolute atomic E-state index is 0.0449. The molecule has 15 heteroatoms. The number of carbonyl (C=O) groups excluding carboxylic acids is 2. The lowest BCUT2D eigenvalue weighted by atomic mass is 10.0. The second kappa shape index (κ2) is 8.23. The predicted molar refractivity (Wildman–Crippen MR) is 105 cm³/mol. The molecule has 0 saturated carbocycles. The van der Waals surface area contributed by atoms with Crippen LogP contribution in [0.2, 0.25) is 0 Å². The Morgan fingerprint density at radius 3 is 2.90 bits per heavy atom. The summed E-state index contributed by atoms with van der Waals surface area (Å²) in [7, 11) is 0. The Bertz CT molecular complexity index is 1110. The van der Waals surface area contributed by atoms with Crippen molar-refractivity contribution in [2.45, 2.75) is 29.2 Å². The van der Waals surface area contributed by atoms with Crippen LogP contribution in [-0.4, -0.2) is 66.2 Å². The SMILES string of the molecule is Cc1nnc(SCC2=C(C(=O)O)N3C(=O)C(NC(=O)C[n+]4cc(=O)o[nH]4)C3SC2)s1. The van der Waals surface area contributed by atoms with Gasteiger partial charge in [-0.15, -0.1) is 22.0 Å². The molecule has 2 aromatic rings. The fourth-order valence-electron chi connectivity index (χ4n) is 3.02. The molecule has 2 unspecified atom stereocenters. The smallest absolute Gasteiger partial charge is 0.426 e. The number of rotatable bonds is 7. The summed E-state index contributed by atoms with van der Waals surface area (Å²) in [5.74, 6) is -1.39. The Labute approximate surface area is 180 Å². The number of aryl methyl sites for hydroxylation is 1. The van der Waals surface area contributed by atoms with E-state index in [9.17, 15) is 24.3 Å². The molecule has 1 fully saturated rings. The van der Waals surface area contributed by atoms with Crippen molar-refractivity contribution in [2.24, 2.45) is 0 Å². The molecule has 2 amide bonds. The van der Waals surface area contributed by atoms with Gasteiger partial charge in [0.25, 0.3) is 24.6 Å². The minimum atomic E-state index is -1.19. The van der Waals surface area contributed by atoms with Gasteiger partial charge in [0.05, 0.1) is 0 Å². The monoisotopic (exact) mass is 471 g/mol. The number of carboxylic acid groups (broad SMARTS) is 1. The number of thioether (sulfide) groups is 2. The fraction of sp³-hybridized carbons (Fsp3) is 0.400. The molecule has 0 radical (unpaired) electrons. The van der Waals surface area contributed by atoms with Gasteiger partial charge in [0, 0.05) is 11.5 Å². The van der Waals surface area contributed by atoms with Gasteiger partial charge >= 0.3 is 11.6 Å². The van der Waals surface area contributed by atoms with Gasteiger partial charge in [0.1, 0.15) is 22.1 Å². The average Bonchev–Trinajstić information content (AvgIpc) is 3.31. The van der Waals surface area contributed by atoms with Gasteiger partial charge in [0.15, 0.2) is 4.34 Å². The molecular weight excluding hydrogens is 456 g/mol. The molecule has 2 aromatic heterocycles. The largest absolute Gasteiger partial charge is 0.477 e. The van der Waals surface area contributed by atoms with Crippen molar-refractivity contribution in [2.75, 3.05) is 11.5 Å². The van der Waals surface area contributed by atoms with Crippen LogP contribution in [0, 0.1) is 6.92 Å². The number of carbonyl (C=O) groups is 3. The summed E-state index contributed by atoms with van der Waals surface area (Å²) >= 11 is 4.18. The lowest BCUT2D eigenvalue weighted by Gasteiger charge is -2.49. The highest BCUT2D eigenvalue weighted by atomic mass is 32.2. The van der Waals surface area contributed by atoms with E-state index >= 15 is 0 Å². The molecule has 30 heavy (non-hydrogen) atoms. The van der Waals surface area contributed by atoms with Crippen LogP contribution in [0.4, 0.5) is 0 Å². The van der Waals surface area contributed by atoms with E-state index in [0.29, 0.717) is 17.1 Å². The van der Waals surface area contributed by atoms with Crippen molar-refractivity contribution in [3.8, 4) is 0 Å². The van der Waals surface area contributed by atoms with Gasteiger partial charge in [-0.2, -0.15) is 0 Å². The van der Waals surface area contributed by atoms with E-state index in [1.165, 1.54) is 39.8 Å². The summed E-state index contributed by atoms with van der Waals surface area (Å²) in [5.41, 5.74) is -0.0651. The molecule has 158 valence electrons. The van der Waals surface area contributed by atoms with E-state index in [4.69, 9.17) is 0 Å². The molecule has 2 atom stereocenters. The van der Waals surface area contributed by atoms with E-state index in [1.807, 2.05) is 6.92 Å². The number of aromatic nitrogens is 4. The van der Waals surface area contributed by atoms with Crippen molar-refractivity contribution in [3.05, 3.63) is 32.9 Å². The first-order chi connectivity index (χ1) is 14.3. The zero-order valence-corrected chi connectivity index (χ0v) is 17.8. The topological polar surface area (TPSA) is 162 Å². The number of aliphatic carboxylic acids is 1. The lowest BCUT2D eigenvalue weighted by Crippen LogP contribution is -2.71. The third kappa shape index (κ3) is 3.99. The third-order valence-corrected chi connectivity index (χ3v) is 7.68. The van der Waals surface area contributed by atoms with Crippen LogP contribution in [0.15, 0.2) is 31.1 Å². The summed E-state index contributed by atoms with van der Waals surface area (Å²) in [6, 6.07) is -0.837. The number of carboxylic acids is 1. The number of nitrogens with one attached hydrogen (secondary N) is 2. The number of β-lactam (4-membered cyclic amide) rings is 1. The summed E-state index contributed by atoms with van der Waals surface area (Å²) in [5, 5.41) is 22.8. The van der Waals surface area contributed by atoms with E-state index in [0.717, 1.165) is 20.2 Å². The summed E-state index contributed by atoms with van der Waals surface area (Å²) < 4.78 is 6.34. The van der Waals surface area contributed by atoms with Gasteiger partial charge in [-0.25, -0.2) is 9.59 Å². The van der Waals surface area contributed by atoms with E-state index in [1.54, 1.807) is 0 Å². The van der Waals surface area contributed by atoms with E-state index in [-0.39, 0.29) is 12.2 Å². The molecular formula is C15H15N6O6S3+. The molecule has 2 aliphatic rings. The third-order valence-electron chi connectivity index (χ3n) is 4.28. The Balaban J connectivity index is 1.43. The van der Waals surface area contributed by atoms with Gasteiger partial charge in [0.2, 0.25) is 0 Å². The molecule has 1 saturated heterocycles. The summed E-state index contributed by atoms with van der Waals surface area (Å²) in [6.45, 7) is 1.60. The van der Waals surface area contributed by atoms with Crippen LogP contribution in [0.25, 0.3) is 0 Å². The van der Waals surface area contributed by atoms with Crippen molar-refractivity contribution < 1.29 is 28.7 Å². The average molecular weight is 472 g/mol. The quantitative estimate of drug-likeness (QED) is 0.258. The highest BCUT2D eigenvalue weighted by Crippen LogP contribution is 2.41. The molecule has 12 nitrogen and oxygen atoms in total. The highest BCUT2D eigenvalue weighted by Gasteiger charge is 2.54. The number of amides is 2. The second-order valence-corrected chi connectivity index (χ2v) is 9.87. The van der Waals surface area contributed by atoms with Gasteiger partial charge in [-0.1, -0.05) is 27.8 Å². The first-order valence-electron chi connectivity index (χ1n) is 8.53. The zero-order valence-electron chi connectivity index (χ0n) is 15.4. The van der Waals surface area contributed by atoms with E-state index < -0.39 is 34.8 Å². The van der Waals surface area contributed by atoms with Gasteiger partial charge in [-0.05, 0) is 17.8 Å². The van der Waals surface area contributed by atoms with Gasteiger partial charge < -0.3 is 10.4 Å². The standard InChI is InChI=1S/C15H14N6O6S3/c1-6-17-18-15(30-6)29-5-7-4-28-13-10(12(24)21(13)11(7)14(25)26)16-8(22)2-20-3-9(23)27-19-20/h3,10,13H,2,4-5H2,1H3,(H2-,16,19,22,23,25,26)/p+1. The summed E-state index contributed by atoms with van der Waals surface area (Å²) in [6.07, 6.45) is 1.07. The number of nitrogens with zero attached hydrogens (tertiary/aromatic N) is 4. The van der Waals surface area contributed by atoms with Crippen molar-refractivity contribution in [1.29, 1.82) is 0 Å². The van der Waals surface area contributed by atoms with E-state index in [2.05, 4.69) is 25.3 Å². The number of hydrogen-bond donors (Lipinski definition) is 3. The molecule has 0 aromatic carbocycles. The Kier molecular flexibility index (Phi) is 5.66. The van der Waals surface area contributed by atoms with Crippen LogP contribution < -0.4 is 15.6 Å². The molecule has 4 rings (SSSR count). The minimum Gasteiger partial charge on any atom is -0.477 e. The molecule has 2 aliphatic heterocycles. The van der Waals surface area contributed by atoms with Crippen LogP contribution in [0.1, 0.15) is 5.01 Å². The van der Waals surface area contributed by atoms with Crippen LogP contribution in [-0.2, 0) is 20.9 Å². The van der Waals surface area contributed by atoms with Crippen LogP contribution in [0.3, 0.4) is 0 Å². The molecule has 0 aliphatic carbocycles. The lowest BCUT2D eigenvalue weighted by molar-refractivity contribution is -0.751. The fourth-order valence-corrected chi connectivity index (χ4v) is 6.32. The first kappa shape index (κ1) is 20.6. The summed E-state index contributed by atoms with van der Waals surface area (Å²) in [4.78, 5) is 48.9. The highest BCUT2D eigenvalue weighted by molar-refractivity contribution is 8.01. The maximum atomic E-state index is 12.6. The van der Waals surface area contributed by atoms with Crippen LogP contribution >= 0.6 is 34.9 Å². The van der Waals surface area contributed by atoms with Crippen molar-refractivity contribution >= 4 is 52.6 Å². The molecule has 0 bridgehead atoms. The number of fused-ring (bicyclic) bond motifs is 1. The Morgan fingerprint density at radius 2 is 2.27 bits per heavy atom. The molecule has 4 heterocycles. The van der Waals surface area contributed by atoms with Gasteiger partial charge in [-0.3, -0.25) is 19.0 Å². The predicted octanol–water partition coefficient (Wildman–Crippen LogP) is -1.05. The zero-order chi connectivity index (χ0) is 21.4. The second-order valence-electron chi connectivity index (χ2n) is 6.36. The Morgan fingerprint density at radius 1 is 1.47 bits per heavy atom. The normalized spacial score (nSPS) is 20.7. The maximum Gasteiger partial charge on any atom is 0.426 e. The van der Waals surface area contributed by atoms with Crippen molar-refractivity contribution in [1.82, 2.24) is 25.7 Å².